The third-order valence-electron chi connectivity index (χ3n) is 4.22. The number of nitrogens with zero attached hydrogens (tertiary/aromatic N) is 1. The van der Waals surface area contributed by atoms with Crippen molar-refractivity contribution in [1.82, 2.24) is 10.2 Å². The Kier molecular flexibility index (Phi) is 5.19. The SMILES string of the molecule is NC(=O)C(CC(=O)N1CCCCC1)NC1CCCC1. The quantitative estimate of drug-likeness (QED) is 0.772. The summed E-state index contributed by atoms with van der Waals surface area (Å²) in [6.45, 7) is 1.65. The van der Waals surface area contributed by atoms with Gasteiger partial charge in [0.2, 0.25) is 11.8 Å². The largest absolute Gasteiger partial charge is 0.368 e. The van der Waals surface area contributed by atoms with Gasteiger partial charge in [0.15, 0.2) is 0 Å². The molecule has 108 valence electrons. The molecule has 2 fully saturated rings. The van der Waals surface area contributed by atoms with E-state index in [4.69, 9.17) is 5.73 Å². The van der Waals surface area contributed by atoms with Gasteiger partial charge in [-0.2, -0.15) is 0 Å². The zero-order valence-electron chi connectivity index (χ0n) is 11.6. The first kappa shape index (κ1) is 14.3. The lowest BCUT2D eigenvalue weighted by Gasteiger charge is -2.28. The minimum absolute atomic E-state index is 0.0639. The van der Waals surface area contributed by atoms with Gasteiger partial charge in [0, 0.05) is 19.1 Å². The van der Waals surface area contributed by atoms with E-state index in [1.54, 1.807) is 0 Å². The van der Waals surface area contributed by atoms with Gasteiger partial charge in [0.1, 0.15) is 0 Å². The number of carbonyl (C=O) groups excluding carboxylic acids is 2. The van der Waals surface area contributed by atoms with Crippen molar-refractivity contribution in [2.45, 2.75) is 63.5 Å². The van der Waals surface area contributed by atoms with Crippen LogP contribution in [0.15, 0.2) is 0 Å². The van der Waals surface area contributed by atoms with Crippen molar-refractivity contribution in [2.24, 2.45) is 5.73 Å². The molecule has 2 aliphatic rings. The van der Waals surface area contributed by atoms with E-state index in [1.165, 1.54) is 19.3 Å². The summed E-state index contributed by atoms with van der Waals surface area (Å²) in [7, 11) is 0. The molecule has 2 amide bonds. The number of hydrogen-bond acceptors (Lipinski definition) is 3. The second kappa shape index (κ2) is 6.89. The second-order valence-electron chi connectivity index (χ2n) is 5.75. The van der Waals surface area contributed by atoms with Crippen LogP contribution in [0.4, 0.5) is 0 Å². The fourth-order valence-electron chi connectivity index (χ4n) is 3.07. The number of primary amides is 1. The van der Waals surface area contributed by atoms with Crippen molar-refractivity contribution in [2.75, 3.05) is 13.1 Å². The van der Waals surface area contributed by atoms with E-state index in [-0.39, 0.29) is 12.3 Å². The number of carbonyl (C=O) groups is 2. The minimum Gasteiger partial charge on any atom is -0.368 e. The molecule has 1 saturated heterocycles. The smallest absolute Gasteiger partial charge is 0.235 e. The van der Waals surface area contributed by atoms with Crippen LogP contribution in [0.25, 0.3) is 0 Å². The molecule has 1 aliphatic heterocycles. The van der Waals surface area contributed by atoms with Crippen LogP contribution in [0.1, 0.15) is 51.4 Å². The van der Waals surface area contributed by atoms with E-state index < -0.39 is 11.9 Å². The minimum atomic E-state index is -0.502. The maximum atomic E-state index is 12.2. The molecule has 5 nitrogen and oxygen atoms in total. The molecule has 0 bridgehead atoms. The van der Waals surface area contributed by atoms with Crippen molar-refractivity contribution in [3.63, 3.8) is 0 Å². The molecule has 19 heavy (non-hydrogen) atoms. The Morgan fingerprint density at radius 3 is 2.32 bits per heavy atom. The molecular formula is C14H25N3O2. The predicted molar refractivity (Wildman–Crippen MR) is 73.4 cm³/mol. The number of nitrogens with one attached hydrogen (secondary N) is 1. The molecule has 2 rings (SSSR count). The van der Waals surface area contributed by atoms with Gasteiger partial charge in [-0.25, -0.2) is 0 Å². The topological polar surface area (TPSA) is 75.4 Å². The van der Waals surface area contributed by atoms with Gasteiger partial charge >= 0.3 is 0 Å². The van der Waals surface area contributed by atoms with E-state index in [0.29, 0.717) is 6.04 Å². The van der Waals surface area contributed by atoms with E-state index >= 15 is 0 Å². The lowest BCUT2D eigenvalue weighted by atomic mass is 10.1. The molecule has 1 atom stereocenters. The number of nitrogens with two attached hydrogens (primary N) is 1. The van der Waals surface area contributed by atoms with Gasteiger partial charge in [-0.3, -0.25) is 9.59 Å². The van der Waals surface area contributed by atoms with Crippen LogP contribution < -0.4 is 11.1 Å². The van der Waals surface area contributed by atoms with Crippen LogP contribution in [-0.4, -0.2) is 41.9 Å². The monoisotopic (exact) mass is 267 g/mol. The molecule has 1 unspecified atom stereocenters. The molecule has 3 N–H and O–H groups in total. The third kappa shape index (κ3) is 4.20. The molecule has 0 aromatic heterocycles. The molecule has 5 heteroatoms. The lowest BCUT2D eigenvalue weighted by molar-refractivity contribution is -0.135. The van der Waals surface area contributed by atoms with Crippen LogP contribution in [-0.2, 0) is 9.59 Å². The Labute approximate surface area is 114 Å². The molecule has 0 spiro atoms. The number of piperidine rings is 1. The second-order valence-corrected chi connectivity index (χ2v) is 5.75. The highest BCUT2D eigenvalue weighted by Crippen LogP contribution is 2.19. The van der Waals surface area contributed by atoms with Crippen molar-refractivity contribution >= 4 is 11.8 Å². The zero-order chi connectivity index (χ0) is 13.7. The predicted octanol–water partition coefficient (Wildman–Crippen LogP) is 0.775. The number of hydrogen-bond donors (Lipinski definition) is 2. The number of likely N-dealkylation sites (tertiary alicyclic amines) is 1. The molecular weight excluding hydrogens is 242 g/mol. The Hall–Kier alpha value is -1.10. The highest BCUT2D eigenvalue weighted by Gasteiger charge is 2.27. The number of rotatable bonds is 5. The normalized spacial score (nSPS) is 22.4. The molecule has 1 aliphatic carbocycles. The van der Waals surface area contributed by atoms with Gasteiger partial charge < -0.3 is 16.0 Å². The van der Waals surface area contributed by atoms with E-state index in [1.807, 2.05) is 4.90 Å². The van der Waals surface area contributed by atoms with Crippen LogP contribution in [0.2, 0.25) is 0 Å². The maximum absolute atomic E-state index is 12.2. The van der Waals surface area contributed by atoms with Gasteiger partial charge in [0.05, 0.1) is 12.5 Å². The number of amides is 2. The van der Waals surface area contributed by atoms with Gasteiger partial charge in [-0.15, -0.1) is 0 Å². The van der Waals surface area contributed by atoms with E-state index in [9.17, 15) is 9.59 Å². The Morgan fingerprint density at radius 2 is 1.74 bits per heavy atom. The fourth-order valence-corrected chi connectivity index (χ4v) is 3.07. The zero-order valence-corrected chi connectivity index (χ0v) is 11.6. The first-order valence-corrected chi connectivity index (χ1v) is 7.50. The Morgan fingerprint density at radius 1 is 1.11 bits per heavy atom. The maximum Gasteiger partial charge on any atom is 0.235 e. The van der Waals surface area contributed by atoms with Crippen LogP contribution in [0.5, 0.6) is 0 Å². The standard InChI is InChI=1S/C14H25N3O2/c15-14(19)12(16-11-6-2-3-7-11)10-13(18)17-8-4-1-5-9-17/h11-12,16H,1-10H2,(H2,15,19). The average Bonchev–Trinajstić information content (AvgIpc) is 2.91. The first-order valence-electron chi connectivity index (χ1n) is 7.50. The fraction of sp³-hybridized carbons (Fsp3) is 0.857. The molecule has 1 heterocycles. The van der Waals surface area contributed by atoms with E-state index in [2.05, 4.69) is 5.32 Å². The van der Waals surface area contributed by atoms with Gasteiger partial charge in [-0.1, -0.05) is 12.8 Å². The summed E-state index contributed by atoms with van der Waals surface area (Å²) in [6, 6.07) is -0.149. The lowest BCUT2D eigenvalue weighted by Crippen LogP contribution is -2.49. The Bertz CT molecular complexity index is 321. The summed E-state index contributed by atoms with van der Waals surface area (Å²) in [5.74, 6) is -0.341. The van der Waals surface area contributed by atoms with Crippen LogP contribution in [0, 0.1) is 0 Å². The molecule has 0 radical (unpaired) electrons. The highest BCUT2D eigenvalue weighted by atomic mass is 16.2. The van der Waals surface area contributed by atoms with Crippen molar-refractivity contribution in [1.29, 1.82) is 0 Å². The first-order chi connectivity index (χ1) is 9.16. The third-order valence-corrected chi connectivity index (χ3v) is 4.22. The van der Waals surface area contributed by atoms with Crippen LogP contribution in [0.3, 0.4) is 0 Å². The summed E-state index contributed by atoms with van der Waals surface area (Å²) in [4.78, 5) is 25.5. The summed E-state index contributed by atoms with van der Waals surface area (Å²) in [5, 5.41) is 3.26. The van der Waals surface area contributed by atoms with Crippen LogP contribution >= 0.6 is 0 Å². The summed E-state index contributed by atoms with van der Waals surface area (Å²) in [5.41, 5.74) is 5.42. The Balaban J connectivity index is 1.84. The van der Waals surface area contributed by atoms with Crippen molar-refractivity contribution in [3.8, 4) is 0 Å². The van der Waals surface area contributed by atoms with Gasteiger partial charge in [0.25, 0.3) is 0 Å². The summed E-state index contributed by atoms with van der Waals surface area (Å²) < 4.78 is 0. The molecule has 0 aromatic carbocycles. The summed E-state index contributed by atoms with van der Waals surface area (Å²) >= 11 is 0. The highest BCUT2D eigenvalue weighted by molar-refractivity contribution is 5.87. The summed E-state index contributed by atoms with van der Waals surface area (Å²) in [6.07, 6.45) is 8.12. The van der Waals surface area contributed by atoms with Crippen molar-refractivity contribution < 1.29 is 9.59 Å². The van der Waals surface area contributed by atoms with Crippen molar-refractivity contribution in [3.05, 3.63) is 0 Å². The van der Waals surface area contributed by atoms with E-state index in [0.717, 1.165) is 38.8 Å². The average molecular weight is 267 g/mol. The molecule has 0 aromatic rings. The van der Waals surface area contributed by atoms with Gasteiger partial charge in [-0.05, 0) is 32.1 Å². The molecule has 1 saturated carbocycles.